The number of carbonyl (C=O) groups excluding carboxylic acids is 4. The Morgan fingerprint density at radius 3 is 2.27 bits per heavy atom. The molecule has 3 rings (SSSR count). The quantitative estimate of drug-likeness (QED) is 0.608. The Kier molecular flexibility index (Phi) is 5.86. The van der Waals surface area contributed by atoms with Gasteiger partial charge in [0.2, 0.25) is 11.8 Å². The molecule has 156 valence electrons. The lowest BCUT2D eigenvalue weighted by atomic mass is 9.82. The highest BCUT2D eigenvalue weighted by atomic mass is 16.2. The van der Waals surface area contributed by atoms with Gasteiger partial charge in [0.15, 0.2) is 0 Å². The van der Waals surface area contributed by atoms with Gasteiger partial charge < -0.3 is 16.4 Å². The molecule has 30 heavy (non-hydrogen) atoms. The van der Waals surface area contributed by atoms with E-state index < -0.39 is 35.8 Å². The highest BCUT2D eigenvalue weighted by molar-refractivity contribution is 6.10. The highest BCUT2D eigenvalue weighted by Crippen LogP contribution is 2.35. The largest absolute Gasteiger partial charge is 0.366 e. The molecule has 1 atom stereocenters. The average molecular weight is 408 g/mol. The summed E-state index contributed by atoms with van der Waals surface area (Å²) in [4.78, 5) is 50.5. The van der Waals surface area contributed by atoms with Crippen molar-refractivity contribution in [1.29, 1.82) is 0 Å². The topological polar surface area (TPSA) is 122 Å². The second kappa shape index (κ2) is 8.36. The summed E-state index contributed by atoms with van der Waals surface area (Å²) in [6.45, 7) is 3.51. The zero-order chi connectivity index (χ0) is 21.9. The predicted molar refractivity (Wildman–Crippen MR) is 111 cm³/mol. The van der Waals surface area contributed by atoms with Gasteiger partial charge >= 0.3 is 6.03 Å². The molecule has 0 aromatic heterocycles. The number of nitrogens with one attached hydrogen (secondary N) is 2. The van der Waals surface area contributed by atoms with Gasteiger partial charge in [-0.3, -0.25) is 19.3 Å². The third-order valence-corrected chi connectivity index (χ3v) is 4.91. The number of carbonyl (C=O) groups is 4. The maximum Gasteiger partial charge on any atom is 0.325 e. The van der Waals surface area contributed by atoms with Crippen LogP contribution in [0.4, 0.5) is 10.5 Å². The Balaban J connectivity index is 1.77. The maximum atomic E-state index is 13.3. The van der Waals surface area contributed by atoms with Gasteiger partial charge in [-0.25, -0.2) is 4.79 Å². The number of primary amides is 1. The van der Waals surface area contributed by atoms with Crippen LogP contribution in [0.2, 0.25) is 0 Å². The summed E-state index contributed by atoms with van der Waals surface area (Å²) in [5.41, 5.74) is 5.41. The zero-order valence-corrected chi connectivity index (χ0v) is 16.8. The minimum atomic E-state index is -1.20. The molecule has 0 radical (unpaired) electrons. The number of nitrogens with two attached hydrogens (primary N) is 1. The van der Waals surface area contributed by atoms with Gasteiger partial charge in [0.25, 0.3) is 5.91 Å². The number of nitrogens with zero attached hydrogens (tertiary/aromatic N) is 1. The number of rotatable bonds is 7. The van der Waals surface area contributed by atoms with E-state index in [1.54, 1.807) is 12.1 Å². The minimum Gasteiger partial charge on any atom is -0.366 e. The first-order valence-electron chi connectivity index (χ1n) is 9.62. The molecule has 2 aromatic carbocycles. The fraction of sp³-hybridized carbons (Fsp3) is 0.273. The maximum absolute atomic E-state index is 13.3. The SMILES string of the molecule is CC(C)C[C@]1(c2ccccc2)NC(=O)N(CC(=O)Nc2ccc(C(N)=O)cc2)C1=O. The summed E-state index contributed by atoms with van der Waals surface area (Å²) in [5.74, 6) is -1.42. The number of anilines is 1. The van der Waals surface area contributed by atoms with Crippen LogP contribution in [-0.4, -0.2) is 35.2 Å². The third kappa shape index (κ3) is 4.17. The first kappa shape index (κ1) is 21.0. The van der Waals surface area contributed by atoms with Crippen LogP contribution < -0.4 is 16.4 Å². The normalized spacial score (nSPS) is 18.4. The van der Waals surface area contributed by atoms with E-state index in [1.165, 1.54) is 24.3 Å². The van der Waals surface area contributed by atoms with Crippen LogP contribution in [0, 0.1) is 5.92 Å². The minimum absolute atomic E-state index is 0.131. The molecule has 8 nitrogen and oxygen atoms in total. The second-order valence-corrected chi connectivity index (χ2v) is 7.68. The van der Waals surface area contributed by atoms with Crippen LogP contribution in [0.1, 0.15) is 36.2 Å². The van der Waals surface area contributed by atoms with E-state index in [1.807, 2.05) is 32.0 Å². The molecule has 4 N–H and O–H groups in total. The smallest absolute Gasteiger partial charge is 0.325 e. The molecule has 0 unspecified atom stereocenters. The molecule has 1 aliphatic heterocycles. The van der Waals surface area contributed by atoms with E-state index >= 15 is 0 Å². The van der Waals surface area contributed by atoms with Gasteiger partial charge in [0.1, 0.15) is 12.1 Å². The summed E-state index contributed by atoms with van der Waals surface area (Å²) >= 11 is 0. The van der Waals surface area contributed by atoms with Crippen molar-refractivity contribution in [2.24, 2.45) is 11.7 Å². The summed E-state index contributed by atoms with van der Waals surface area (Å²) in [7, 11) is 0. The number of urea groups is 1. The molecule has 1 fully saturated rings. The van der Waals surface area contributed by atoms with Crippen LogP contribution >= 0.6 is 0 Å². The van der Waals surface area contributed by atoms with Crippen LogP contribution in [0.15, 0.2) is 54.6 Å². The van der Waals surface area contributed by atoms with Crippen LogP contribution in [-0.2, 0) is 15.1 Å². The number of hydrogen-bond acceptors (Lipinski definition) is 4. The van der Waals surface area contributed by atoms with Crippen molar-refractivity contribution in [3.63, 3.8) is 0 Å². The van der Waals surface area contributed by atoms with E-state index in [-0.39, 0.29) is 5.92 Å². The Hall–Kier alpha value is -3.68. The molecule has 0 spiro atoms. The highest BCUT2D eigenvalue weighted by Gasteiger charge is 2.52. The Bertz CT molecular complexity index is 972. The van der Waals surface area contributed by atoms with E-state index in [0.29, 0.717) is 23.2 Å². The van der Waals surface area contributed by atoms with E-state index in [2.05, 4.69) is 10.6 Å². The van der Waals surface area contributed by atoms with Crippen molar-refractivity contribution in [2.45, 2.75) is 25.8 Å². The van der Waals surface area contributed by atoms with Gasteiger partial charge in [-0.2, -0.15) is 0 Å². The summed E-state index contributed by atoms with van der Waals surface area (Å²) in [6, 6.07) is 14.4. The van der Waals surface area contributed by atoms with Crippen molar-refractivity contribution >= 4 is 29.4 Å². The summed E-state index contributed by atoms with van der Waals surface area (Å²) < 4.78 is 0. The van der Waals surface area contributed by atoms with Crippen LogP contribution in [0.5, 0.6) is 0 Å². The van der Waals surface area contributed by atoms with Gasteiger partial charge in [-0.15, -0.1) is 0 Å². The second-order valence-electron chi connectivity index (χ2n) is 7.68. The van der Waals surface area contributed by atoms with Gasteiger partial charge in [-0.1, -0.05) is 44.2 Å². The van der Waals surface area contributed by atoms with E-state index in [4.69, 9.17) is 5.73 Å². The molecule has 5 amide bonds. The molecule has 0 saturated carbocycles. The first-order chi connectivity index (χ1) is 14.2. The Morgan fingerprint density at radius 2 is 1.70 bits per heavy atom. The molecule has 0 bridgehead atoms. The van der Waals surface area contributed by atoms with Crippen molar-refractivity contribution in [3.05, 3.63) is 65.7 Å². The van der Waals surface area contributed by atoms with Crippen molar-refractivity contribution < 1.29 is 19.2 Å². The van der Waals surface area contributed by atoms with Crippen molar-refractivity contribution in [2.75, 3.05) is 11.9 Å². The van der Waals surface area contributed by atoms with E-state index in [0.717, 1.165) is 4.90 Å². The monoisotopic (exact) mass is 408 g/mol. The molecule has 0 aliphatic carbocycles. The average Bonchev–Trinajstić information content (AvgIpc) is 2.93. The molecule has 1 heterocycles. The number of benzene rings is 2. The lowest BCUT2D eigenvalue weighted by Gasteiger charge is -2.29. The predicted octanol–water partition coefficient (Wildman–Crippen LogP) is 2.22. The number of imide groups is 1. The van der Waals surface area contributed by atoms with Crippen molar-refractivity contribution in [3.8, 4) is 0 Å². The fourth-order valence-electron chi connectivity index (χ4n) is 3.62. The van der Waals surface area contributed by atoms with E-state index in [9.17, 15) is 19.2 Å². The van der Waals surface area contributed by atoms with Gasteiger partial charge in [0, 0.05) is 11.3 Å². The fourth-order valence-corrected chi connectivity index (χ4v) is 3.62. The van der Waals surface area contributed by atoms with Gasteiger partial charge in [0.05, 0.1) is 0 Å². The number of amides is 5. The zero-order valence-electron chi connectivity index (χ0n) is 16.8. The van der Waals surface area contributed by atoms with Crippen LogP contribution in [0.25, 0.3) is 0 Å². The standard InChI is InChI=1S/C22H24N4O4/c1-14(2)12-22(16-6-4-3-5-7-16)20(29)26(21(30)25-22)13-18(27)24-17-10-8-15(9-11-17)19(23)28/h3-11,14H,12-13H2,1-2H3,(H2,23,28)(H,24,27)(H,25,30)/t22-/m1/s1. The first-order valence-corrected chi connectivity index (χ1v) is 9.62. The molecular weight excluding hydrogens is 384 g/mol. The van der Waals surface area contributed by atoms with Gasteiger partial charge in [-0.05, 0) is 42.2 Å². The number of hydrogen-bond donors (Lipinski definition) is 3. The third-order valence-electron chi connectivity index (χ3n) is 4.91. The Labute approximate surface area is 174 Å². The summed E-state index contributed by atoms with van der Waals surface area (Å²) in [6.07, 6.45) is 0.411. The Morgan fingerprint density at radius 1 is 1.07 bits per heavy atom. The van der Waals surface area contributed by atoms with Crippen molar-refractivity contribution in [1.82, 2.24) is 10.2 Å². The lowest BCUT2D eigenvalue weighted by Crippen LogP contribution is -2.45. The summed E-state index contributed by atoms with van der Waals surface area (Å²) in [5, 5.41) is 5.43. The molecular formula is C22H24N4O4. The molecule has 1 saturated heterocycles. The lowest BCUT2D eigenvalue weighted by molar-refractivity contribution is -0.134. The molecule has 2 aromatic rings. The molecule has 8 heteroatoms. The van der Waals surface area contributed by atoms with Crippen LogP contribution in [0.3, 0.4) is 0 Å². The molecule has 1 aliphatic rings.